The number of halogens is 1. The van der Waals surface area contributed by atoms with Gasteiger partial charge in [0, 0.05) is 22.9 Å². The third-order valence-corrected chi connectivity index (χ3v) is 6.92. The molecule has 1 heterocycles. The maximum Gasteiger partial charge on any atom is 0.251 e. The Kier molecular flexibility index (Phi) is 5.84. The van der Waals surface area contributed by atoms with E-state index in [1.807, 2.05) is 0 Å². The molecule has 1 N–H and O–H groups in total. The van der Waals surface area contributed by atoms with Gasteiger partial charge in [0.15, 0.2) is 0 Å². The Bertz CT molecular complexity index is 1180. The Balaban J connectivity index is 1.36. The lowest BCUT2D eigenvalue weighted by atomic mass is 9.95. The van der Waals surface area contributed by atoms with Gasteiger partial charge in [-0.2, -0.15) is 0 Å². The van der Waals surface area contributed by atoms with Gasteiger partial charge < -0.3 is 5.32 Å². The number of carbonyl (C=O) groups is 1. The highest BCUT2D eigenvalue weighted by Crippen LogP contribution is 2.46. The minimum atomic E-state index is -0.337. The second-order valence-electron chi connectivity index (χ2n) is 9.37. The molecule has 4 heteroatoms. The normalized spacial score (nSPS) is 23.6. The van der Waals surface area contributed by atoms with Crippen molar-refractivity contribution in [3.8, 4) is 0 Å². The first-order valence-corrected chi connectivity index (χ1v) is 11.8. The first-order valence-electron chi connectivity index (χ1n) is 11.8. The quantitative estimate of drug-likeness (QED) is 0.578. The zero-order chi connectivity index (χ0) is 22.8. The van der Waals surface area contributed by atoms with Crippen molar-refractivity contribution in [2.75, 3.05) is 0 Å². The Hall–Kier alpha value is -3.27. The van der Waals surface area contributed by atoms with E-state index in [-0.39, 0.29) is 17.3 Å². The van der Waals surface area contributed by atoms with Crippen LogP contribution in [0.2, 0.25) is 0 Å². The van der Waals surface area contributed by atoms with Crippen LogP contribution in [-0.4, -0.2) is 11.6 Å². The number of allylic oxidation sites excluding steroid dienone is 4. The molecule has 1 fully saturated rings. The summed E-state index contributed by atoms with van der Waals surface area (Å²) in [6.45, 7) is 2.11. The molecule has 1 aliphatic heterocycles. The lowest BCUT2D eigenvalue weighted by Gasteiger charge is -2.19. The zero-order valence-electron chi connectivity index (χ0n) is 19.0. The van der Waals surface area contributed by atoms with Gasteiger partial charge in [0.25, 0.3) is 5.91 Å². The number of rotatable bonds is 4. The summed E-state index contributed by atoms with van der Waals surface area (Å²) in [5, 5.41) is 3.20. The van der Waals surface area contributed by atoms with Gasteiger partial charge >= 0.3 is 0 Å². The number of amides is 1. The lowest BCUT2D eigenvalue weighted by Crippen LogP contribution is -2.34. The topological polar surface area (TPSA) is 41.5 Å². The molecule has 0 radical (unpaired) electrons. The molecule has 0 spiro atoms. The van der Waals surface area contributed by atoms with Gasteiger partial charge in [-0.05, 0) is 98.5 Å². The highest BCUT2D eigenvalue weighted by Gasteiger charge is 2.46. The molecule has 1 unspecified atom stereocenters. The predicted molar refractivity (Wildman–Crippen MR) is 132 cm³/mol. The summed E-state index contributed by atoms with van der Waals surface area (Å²) in [5.74, 6) is -0.197. The fourth-order valence-electron chi connectivity index (χ4n) is 4.73. The number of hydrogen-bond acceptors (Lipinski definition) is 2. The van der Waals surface area contributed by atoms with Gasteiger partial charge in [0.1, 0.15) is 5.82 Å². The molecule has 2 aliphatic carbocycles. The van der Waals surface area contributed by atoms with Crippen molar-refractivity contribution >= 4 is 17.7 Å². The molecule has 2 aromatic carbocycles. The zero-order valence-corrected chi connectivity index (χ0v) is 19.0. The van der Waals surface area contributed by atoms with Crippen molar-refractivity contribution in [3.63, 3.8) is 0 Å². The molecular weight excluding hydrogens is 411 g/mol. The van der Waals surface area contributed by atoms with Crippen LogP contribution >= 0.6 is 0 Å². The van der Waals surface area contributed by atoms with Crippen molar-refractivity contribution in [1.29, 1.82) is 0 Å². The third kappa shape index (κ3) is 4.75. The molecule has 3 aliphatic rings. The average molecular weight is 441 g/mol. The molecule has 1 atom stereocenters. The summed E-state index contributed by atoms with van der Waals surface area (Å²) in [4.78, 5) is 17.7. The molecule has 2 aromatic rings. The summed E-state index contributed by atoms with van der Waals surface area (Å²) in [6.07, 6.45) is 16.9. The number of carbonyl (C=O) groups excluding carboxylic acids is 1. The summed E-state index contributed by atoms with van der Waals surface area (Å²) in [6, 6.07) is 12.3. The fraction of sp³-hybridized carbons (Fsp3) is 0.310. The van der Waals surface area contributed by atoms with Gasteiger partial charge in [0.2, 0.25) is 0 Å². The van der Waals surface area contributed by atoms with Crippen LogP contribution < -0.4 is 5.32 Å². The number of hydrogen-bond donors (Lipinski definition) is 1. The molecule has 0 bridgehead atoms. The van der Waals surface area contributed by atoms with Crippen molar-refractivity contribution in [2.45, 2.75) is 51.0 Å². The molecule has 168 valence electrons. The van der Waals surface area contributed by atoms with E-state index in [9.17, 15) is 9.18 Å². The van der Waals surface area contributed by atoms with E-state index in [0.29, 0.717) is 11.5 Å². The molecule has 5 rings (SSSR count). The first kappa shape index (κ1) is 21.6. The SMILES string of the molecule is CC1=N/C(C2C=Cc3cc(C4(NC(=O)c5ccc(F)cc5)CC4)ccc3CC2)=C\C=C/CC1. The summed E-state index contributed by atoms with van der Waals surface area (Å²) < 4.78 is 13.2. The smallest absolute Gasteiger partial charge is 0.251 e. The Morgan fingerprint density at radius 2 is 1.94 bits per heavy atom. The van der Waals surface area contributed by atoms with E-state index in [1.165, 1.54) is 41.1 Å². The Morgan fingerprint density at radius 3 is 2.73 bits per heavy atom. The number of aliphatic imine (C=N–C) groups is 1. The summed E-state index contributed by atoms with van der Waals surface area (Å²) in [5.41, 5.74) is 6.18. The van der Waals surface area contributed by atoms with Crippen LogP contribution in [-0.2, 0) is 12.0 Å². The summed E-state index contributed by atoms with van der Waals surface area (Å²) in [7, 11) is 0. The van der Waals surface area contributed by atoms with Gasteiger partial charge in [-0.3, -0.25) is 9.79 Å². The number of nitrogens with one attached hydrogen (secondary N) is 1. The molecule has 0 saturated heterocycles. The van der Waals surface area contributed by atoms with Gasteiger partial charge in [0.05, 0.1) is 5.54 Å². The highest BCUT2D eigenvalue weighted by molar-refractivity contribution is 5.95. The van der Waals surface area contributed by atoms with Gasteiger partial charge in [-0.15, -0.1) is 0 Å². The average Bonchev–Trinajstić information content (AvgIpc) is 3.60. The molecule has 1 amide bonds. The van der Waals surface area contributed by atoms with Crippen LogP contribution in [0.5, 0.6) is 0 Å². The maximum absolute atomic E-state index is 13.2. The van der Waals surface area contributed by atoms with Crippen molar-refractivity contribution in [2.24, 2.45) is 10.9 Å². The number of fused-ring (bicyclic) bond motifs is 1. The monoisotopic (exact) mass is 440 g/mol. The summed E-state index contributed by atoms with van der Waals surface area (Å²) >= 11 is 0. The van der Waals surface area contributed by atoms with Gasteiger partial charge in [-0.25, -0.2) is 4.39 Å². The van der Waals surface area contributed by atoms with Crippen molar-refractivity contribution in [1.82, 2.24) is 5.32 Å². The number of nitrogens with zero attached hydrogens (tertiary/aromatic N) is 1. The Labute approximate surface area is 194 Å². The molecule has 0 aromatic heterocycles. The second-order valence-corrected chi connectivity index (χ2v) is 9.37. The minimum Gasteiger partial charge on any atom is -0.343 e. The van der Waals surface area contributed by atoms with Crippen molar-refractivity contribution in [3.05, 3.63) is 101 Å². The number of benzene rings is 2. The first-order chi connectivity index (χ1) is 16.0. The minimum absolute atomic E-state index is 0.157. The van der Waals surface area contributed by atoms with E-state index in [2.05, 4.69) is 60.8 Å². The van der Waals surface area contributed by atoms with E-state index in [1.54, 1.807) is 0 Å². The molecule has 3 nitrogen and oxygen atoms in total. The maximum atomic E-state index is 13.2. The molecule has 33 heavy (non-hydrogen) atoms. The van der Waals surface area contributed by atoms with E-state index < -0.39 is 0 Å². The van der Waals surface area contributed by atoms with Gasteiger partial charge in [-0.1, -0.05) is 36.4 Å². The van der Waals surface area contributed by atoms with Crippen molar-refractivity contribution < 1.29 is 9.18 Å². The van der Waals surface area contributed by atoms with Crippen LogP contribution in [0.3, 0.4) is 0 Å². The third-order valence-electron chi connectivity index (χ3n) is 6.92. The Morgan fingerprint density at radius 1 is 1.12 bits per heavy atom. The largest absolute Gasteiger partial charge is 0.343 e. The molecular formula is C29H29FN2O. The standard InChI is InChI=1S/C29H29FN2O/c1-20-5-3-2-4-6-27(31-20)22-8-7-21-11-14-25(19-24(21)10-9-22)29(17-18-29)32-28(33)23-12-15-26(30)16-13-23/h2,4,6,9-16,19,22H,3,5,7-8,17-18H2,1H3,(H,32,33)/b4-2-,27-6-,31-20?. The van der Waals surface area contributed by atoms with Crippen LogP contribution in [0.1, 0.15) is 66.1 Å². The van der Waals surface area contributed by atoms with Crippen LogP contribution in [0.15, 0.2) is 77.5 Å². The van der Waals surface area contributed by atoms with E-state index in [0.717, 1.165) is 49.8 Å². The van der Waals surface area contributed by atoms with E-state index in [4.69, 9.17) is 4.99 Å². The fourth-order valence-corrected chi connectivity index (χ4v) is 4.73. The second kappa shape index (κ2) is 8.93. The van der Waals surface area contributed by atoms with E-state index >= 15 is 0 Å². The van der Waals surface area contributed by atoms with Crippen LogP contribution in [0, 0.1) is 11.7 Å². The number of aryl methyl sites for hydroxylation is 1. The highest BCUT2D eigenvalue weighted by atomic mass is 19.1. The predicted octanol–water partition coefficient (Wildman–Crippen LogP) is 6.52. The van der Waals surface area contributed by atoms with Crippen LogP contribution in [0.25, 0.3) is 6.08 Å². The van der Waals surface area contributed by atoms with Crippen LogP contribution in [0.4, 0.5) is 4.39 Å². The lowest BCUT2D eigenvalue weighted by molar-refractivity contribution is 0.0930. The molecule has 1 saturated carbocycles.